The average Bonchev–Trinajstić information content (AvgIpc) is 2.95. The fourth-order valence-electron chi connectivity index (χ4n) is 3.40. The average molecular weight is 405 g/mol. The molecule has 0 saturated heterocycles. The van der Waals surface area contributed by atoms with Gasteiger partial charge in [-0.1, -0.05) is 90.2 Å². The number of aliphatic hydroxyl groups is 1. The summed E-state index contributed by atoms with van der Waals surface area (Å²) in [6.45, 7) is 4.02. The van der Waals surface area contributed by atoms with Gasteiger partial charge in [0.25, 0.3) is 0 Å². The molecule has 0 amide bonds. The molecule has 0 radical (unpaired) electrons. The summed E-state index contributed by atoms with van der Waals surface area (Å²) in [4.78, 5) is 23.5. The molecule has 1 N–H and O–H groups in total. The van der Waals surface area contributed by atoms with Crippen LogP contribution in [0.15, 0.2) is 11.3 Å². The minimum Gasteiger partial charge on any atom is -0.872 e. The van der Waals surface area contributed by atoms with E-state index in [0.717, 1.165) is 18.8 Å². The molecule has 1 aliphatic heterocycles. The van der Waals surface area contributed by atoms with E-state index in [1.54, 1.807) is 0 Å². The van der Waals surface area contributed by atoms with Crippen molar-refractivity contribution < 1.29 is 54.1 Å². The van der Waals surface area contributed by atoms with Crippen molar-refractivity contribution >= 4 is 11.8 Å². The Morgan fingerprint density at radius 2 is 1.54 bits per heavy atom. The fourth-order valence-corrected chi connectivity index (χ4v) is 3.40. The minimum absolute atomic E-state index is 0. The third-order valence-corrected chi connectivity index (χ3v) is 5.48. The number of hydrogen-bond donors (Lipinski definition) is 1. The molecule has 1 aliphatic rings. The Morgan fingerprint density at radius 3 is 2.00 bits per heavy atom. The largest absolute Gasteiger partial charge is 1.00 e. The van der Waals surface area contributed by atoms with E-state index in [4.69, 9.17) is 5.11 Å². The Morgan fingerprint density at radius 1 is 1.04 bits per heavy atom. The molecule has 28 heavy (non-hydrogen) atoms. The van der Waals surface area contributed by atoms with Gasteiger partial charge in [0.05, 0.1) is 12.2 Å². The summed E-state index contributed by atoms with van der Waals surface area (Å²) in [5.74, 6) is -1.13. The Kier molecular flexibility index (Phi) is 16.2. The SMILES string of the molecule is CCC(C)CCCCCCCCCCCCC(=O)C1=C([O-])C(CO)OC1=O.[Na+]. The van der Waals surface area contributed by atoms with Crippen LogP contribution in [0.3, 0.4) is 0 Å². The minimum atomic E-state index is -1.19. The zero-order valence-electron chi connectivity index (χ0n) is 18.1. The molecule has 1 rings (SSSR count). The smallest absolute Gasteiger partial charge is 0.872 e. The Labute approximate surface area is 192 Å². The molecule has 1 heterocycles. The van der Waals surface area contributed by atoms with Crippen LogP contribution < -0.4 is 34.7 Å². The number of aliphatic hydroxyl groups excluding tert-OH is 1. The van der Waals surface area contributed by atoms with Crippen LogP contribution in [0, 0.1) is 5.92 Å². The van der Waals surface area contributed by atoms with Gasteiger partial charge in [-0.3, -0.25) is 4.79 Å². The van der Waals surface area contributed by atoms with Crippen molar-refractivity contribution in [3.63, 3.8) is 0 Å². The van der Waals surface area contributed by atoms with Crippen LogP contribution in [0.1, 0.15) is 97.3 Å². The number of rotatable bonds is 16. The standard InChI is InChI=1S/C22H38O5.Na/c1-3-17(2)14-12-10-8-6-4-5-7-9-11-13-15-18(24)20-21(25)19(16-23)27-22(20)26;/h17,19,23,25H,3-16H2,1-2H3;/q;+1/p-1. The Hall–Kier alpha value is -0.360. The number of Topliss-reactive ketones (excluding diaryl/α,β-unsaturated/α-hetero) is 1. The summed E-state index contributed by atoms with van der Waals surface area (Å²) in [5.41, 5.74) is -0.387. The molecule has 0 fully saturated rings. The van der Waals surface area contributed by atoms with Gasteiger partial charge < -0.3 is 14.9 Å². The van der Waals surface area contributed by atoms with Gasteiger partial charge in [-0.05, 0) is 12.3 Å². The maximum absolute atomic E-state index is 12.0. The normalized spacial score (nSPS) is 17.4. The van der Waals surface area contributed by atoms with E-state index >= 15 is 0 Å². The second-order valence-electron chi connectivity index (χ2n) is 7.83. The topological polar surface area (TPSA) is 86.7 Å². The summed E-state index contributed by atoms with van der Waals surface area (Å²) < 4.78 is 4.68. The molecule has 0 aromatic heterocycles. The number of hydrogen-bond acceptors (Lipinski definition) is 5. The molecular weight excluding hydrogens is 367 g/mol. The zero-order chi connectivity index (χ0) is 20.1. The van der Waals surface area contributed by atoms with E-state index in [9.17, 15) is 14.7 Å². The van der Waals surface area contributed by atoms with Gasteiger partial charge in [0.2, 0.25) is 0 Å². The Bertz CT molecular complexity index is 489. The number of esters is 1. The summed E-state index contributed by atoms with van der Waals surface area (Å²) in [7, 11) is 0. The quantitative estimate of drug-likeness (QED) is 0.178. The molecule has 0 aromatic carbocycles. The molecule has 156 valence electrons. The van der Waals surface area contributed by atoms with Crippen LogP contribution in [0.5, 0.6) is 0 Å². The first-order valence-electron chi connectivity index (χ1n) is 10.8. The van der Waals surface area contributed by atoms with Gasteiger partial charge in [-0.2, -0.15) is 0 Å². The fraction of sp³-hybridized carbons (Fsp3) is 0.818. The molecule has 0 bridgehead atoms. The summed E-state index contributed by atoms with van der Waals surface area (Å²) in [6.07, 6.45) is 13.4. The van der Waals surface area contributed by atoms with E-state index in [0.29, 0.717) is 6.42 Å². The molecule has 0 aromatic rings. The van der Waals surface area contributed by atoms with Crippen LogP contribution in [0.4, 0.5) is 0 Å². The van der Waals surface area contributed by atoms with Crippen molar-refractivity contribution in [2.75, 3.05) is 6.61 Å². The van der Waals surface area contributed by atoms with Crippen LogP contribution >= 0.6 is 0 Å². The van der Waals surface area contributed by atoms with E-state index < -0.39 is 30.2 Å². The number of ether oxygens (including phenoxy) is 1. The molecule has 0 aliphatic carbocycles. The zero-order valence-corrected chi connectivity index (χ0v) is 20.1. The van der Waals surface area contributed by atoms with Gasteiger partial charge in [0, 0.05) is 6.42 Å². The third-order valence-electron chi connectivity index (χ3n) is 5.48. The predicted octanol–water partition coefficient (Wildman–Crippen LogP) is 0.819. The van der Waals surface area contributed by atoms with Crippen LogP contribution in [-0.2, 0) is 14.3 Å². The number of unbranched alkanes of at least 4 members (excludes halogenated alkanes) is 9. The summed E-state index contributed by atoms with van der Waals surface area (Å²) in [6, 6.07) is 0. The molecular formula is C22H37NaO5. The van der Waals surface area contributed by atoms with E-state index in [1.165, 1.54) is 57.8 Å². The second kappa shape index (κ2) is 16.4. The number of cyclic esters (lactones) is 1. The monoisotopic (exact) mass is 404 g/mol. The van der Waals surface area contributed by atoms with E-state index in [-0.39, 0.29) is 41.6 Å². The number of ketones is 1. The first-order valence-corrected chi connectivity index (χ1v) is 10.8. The van der Waals surface area contributed by atoms with Gasteiger partial charge >= 0.3 is 35.5 Å². The van der Waals surface area contributed by atoms with Gasteiger partial charge in [-0.25, -0.2) is 4.79 Å². The molecule has 5 nitrogen and oxygen atoms in total. The molecule has 2 atom stereocenters. The van der Waals surface area contributed by atoms with Crippen molar-refractivity contribution in [2.45, 2.75) is 103 Å². The van der Waals surface area contributed by atoms with Gasteiger partial charge in [-0.15, -0.1) is 0 Å². The molecule has 2 unspecified atom stereocenters. The van der Waals surface area contributed by atoms with Gasteiger partial charge in [0.1, 0.15) is 6.10 Å². The van der Waals surface area contributed by atoms with E-state index in [2.05, 4.69) is 18.6 Å². The van der Waals surface area contributed by atoms with Crippen molar-refractivity contribution in [1.82, 2.24) is 0 Å². The second-order valence-corrected chi connectivity index (χ2v) is 7.83. The van der Waals surface area contributed by atoms with Gasteiger partial charge in [0.15, 0.2) is 5.78 Å². The first kappa shape index (κ1) is 27.6. The number of carbonyl (C=O) groups is 2. The van der Waals surface area contributed by atoms with Crippen LogP contribution in [-0.4, -0.2) is 29.6 Å². The molecule has 6 heteroatoms. The summed E-state index contributed by atoms with van der Waals surface area (Å²) in [5, 5.41) is 20.7. The molecule has 0 saturated carbocycles. The van der Waals surface area contributed by atoms with Crippen molar-refractivity contribution in [2.24, 2.45) is 5.92 Å². The first-order chi connectivity index (χ1) is 13.0. The van der Waals surface area contributed by atoms with Crippen molar-refractivity contribution in [3.8, 4) is 0 Å². The molecule has 0 spiro atoms. The van der Waals surface area contributed by atoms with E-state index in [1.807, 2.05) is 0 Å². The van der Waals surface area contributed by atoms with Crippen molar-refractivity contribution in [1.29, 1.82) is 0 Å². The third kappa shape index (κ3) is 10.4. The summed E-state index contributed by atoms with van der Waals surface area (Å²) >= 11 is 0. The van der Waals surface area contributed by atoms with Crippen molar-refractivity contribution in [3.05, 3.63) is 11.3 Å². The Balaban J connectivity index is 0.00000729. The van der Waals surface area contributed by atoms with Crippen LogP contribution in [0.2, 0.25) is 0 Å². The number of carbonyl (C=O) groups excluding carboxylic acids is 2. The van der Waals surface area contributed by atoms with Crippen LogP contribution in [0.25, 0.3) is 0 Å². The maximum atomic E-state index is 12.0. The predicted molar refractivity (Wildman–Crippen MR) is 104 cm³/mol. The maximum Gasteiger partial charge on any atom is 1.00 e.